The quantitative estimate of drug-likeness (QED) is 0.0360. The summed E-state index contributed by atoms with van der Waals surface area (Å²) in [5.74, 6) is -2.96. The highest BCUT2D eigenvalue weighted by atomic mass is 16.8. The first-order valence-electron chi connectivity index (χ1n) is 19.9. The number of aromatic hydroxyl groups is 3. The number of aliphatic hydroxyl groups excluding tert-OH is 10. The first-order chi connectivity index (χ1) is 31.0. The van der Waals surface area contributed by atoms with E-state index in [4.69, 9.17) is 37.6 Å². The van der Waals surface area contributed by atoms with Gasteiger partial charge in [0.1, 0.15) is 91.0 Å². The smallest absolute Gasteiger partial charge is 0.330 e. The molecule has 4 aliphatic heterocycles. The third kappa shape index (κ3) is 10.2. The Morgan fingerprint density at radius 2 is 1.22 bits per heavy atom. The summed E-state index contributed by atoms with van der Waals surface area (Å²) in [6.45, 7) is -2.39. The van der Waals surface area contributed by atoms with Crippen molar-refractivity contribution in [2.75, 3.05) is 19.8 Å². The summed E-state index contributed by atoms with van der Waals surface area (Å²) in [6.07, 6.45) is -25.0. The normalized spacial score (nSPS) is 32.9. The van der Waals surface area contributed by atoms with E-state index in [9.17, 15) is 76.0 Å². The van der Waals surface area contributed by atoms with Gasteiger partial charge in [0.15, 0.2) is 40.8 Å². The molecular formula is C42H46O23. The number of carbonyl (C=O) groups excluding carboxylic acids is 1. The number of esters is 1. The lowest BCUT2D eigenvalue weighted by atomic mass is 9.97. The Hall–Kier alpha value is -5.48. The summed E-state index contributed by atoms with van der Waals surface area (Å²) in [4.78, 5) is 25.6. The molecule has 0 bridgehead atoms. The van der Waals surface area contributed by atoms with Gasteiger partial charge in [-0.1, -0.05) is 6.07 Å². The van der Waals surface area contributed by atoms with E-state index in [2.05, 4.69) is 0 Å². The molecule has 3 saturated heterocycles. The maximum atomic E-state index is 13.1. The van der Waals surface area contributed by atoms with Crippen molar-refractivity contribution in [1.82, 2.24) is 0 Å². The zero-order chi connectivity index (χ0) is 46.9. The van der Waals surface area contributed by atoms with Crippen LogP contribution in [0.15, 0.2) is 76.0 Å². The molecule has 0 saturated carbocycles. The van der Waals surface area contributed by atoms with Gasteiger partial charge in [-0.2, -0.15) is 0 Å². The molecule has 2 aromatic rings. The molecule has 15 atom stereocenters. The average Bonchev–Trinajstić information content (AvgIpc) is 3.29. The van der Waals surface area contributed by atoms with Crippen LogP contribution in [-0.4, -0.2) is 184 Å². The predicted molar refractivity (Wildman–Crippen MR) is 213 cm³/mol. The average molecular weight is 919 g/mol. The first kappa shape index (κ1) is 47.5. The van der Waals surface area contributed by atoms with Gasteiger partial charge in [-0.3, -0.25) is 4.79 Å². The second-order valence-electron chi connectivity index (χ2n) is 15.3. The summed E-state index contributed by atoms with van der Waals surface area (Å²) in [6, 6.07) is 12.3. The number of fused-ring (bicyclic) bond motifs is 1. The standard InChI is InChI=1S/C42H46O23/c43-13-26-30(50)33(53)37(57)41(62-26)65-39-35(55)31(51)27(14-44)63-42(39)61-25-12-20-23(59-38(25)17-3-5-18(45)6-4-17)10-19(46)11-24(20)60-40-36(56)34(54)32(52)28(64-40)15-58-29(49)8-2-16-1-7-21(47)22(48)9-16/h1-12,26-28,30-37,39-45,47-48,50-57H,13-15H2/t26-,27-,28-,30-,31-,32-,33+,34+,35+,36-,37-,39-,40-,41-,42-/m1/s1. The summed E-state index contributed by atoms with van der Waals surface area (Å²) < 4.78 is 46.3. The molecule has 0 aromatic heterocycles. The van der Waals surface area contributed by atoms with Gasteiger partial charge in [-0.25, -0.2) is 4.79 Å². The van der Waals surface area contributed by atoms with E-state index in [1.54, 1.807) is 0 Å². The van der Waals surface area contributed by atoms with Crippen molar-refractivity contribution in [3.63, 3.8) is 0 Å². The molecule has 4 heterocycles. The van der Waals surface area contributed by atoms with Crippen LogP contribution in [0.25, 0.3) is 28.7 Å². The van der Waals surface area contributed by atoms with E-state index in [-0.39, 0.29) is 45.6 Å². The van der Waals surface area contributed by atoms with Crippen LogP contribution in [0.1, 0.15) is 5.56 Å². The number of ether oxygens (including phenoxy) is 7. The Balaban J connectivity index is 1.20. The predicted octanol–water partition coefficient (Wildman–Crippen LogP) is -3.03. The van der Waals surface area contributed by atoms with E-state index >= 15 is 0 Å². The number of hydrogen-bond acceptors (Lipinski definition) is 23. The number of rotatable bonds is 13. The Morgan fingerprint density at radius 3 is 1.88 bits per heavy atom. The molecule has 5 aliphatic rings. The lowest BCUT2D eigenvalue weighted by Gasteiger charge is -2.45. The SMILES string of the molecule is O=C(C=Cc1ccc(O)c(O)c1)OC[C@H]1O[C@@H](Oc2cc(=O)cc3oc(-c4ccc(O)cc4)c(O[C@@H]4O[C@H](CO)[C@@H](O)[C@H](O)[C@H]4O[C@H]4O[C@H](CO)[C@@H](O)[C@H](O)[C@H]4O)cc2-3)[C@H](O)[C@@H](O)[C@@H]1O. The van der Waals surface area contributed by atoms with Gasteiger partial charge in [0.2, 0.25) is 12.6 Å². The van der Waals surface area contributed by atoms with Crippen LogP contribution in [-0.2, 0) is 28.5 Å². The summed E-state index contributed by atoms with van der Waals surface area (Å²) in [5.41, 5.74) is -0.275. The van der Waals surface area contributed by atoms with Crippen molar-refractivity contribution < 1.29 is 109 Å². The molecule has 1 aliphatic carbocycles. The second-order valence-corrected chi connectivity index (χ2v) is 15.3. The number of aliphatic hydroxyl groups is 10. The summed E-state index contributed by atoms with van der Waals surface area (Å²) in [7, 11) is 0. The summed E-state index contributed by atoms with van der Waals surface area (Å²) in [5, 5.41) is 135. The lowest BCUT2D eigenvalue weighted by Crippen LogP contribution is -2.65. The Morgan fingerprint density at radius 1 is 0.615 bits per heavy atom. The monoisotopic (exact) mass is 918 g/mol. The van der Waals surface area contributed by atoms with E-state index in [0.717, 1.165) is 18.2 Å². The fourth-order valence-electron chi connectivity index (χ4n) is 7.21. The van der Waals surface area contributed by atoms with Crippen LogP contribution in [0.4, 0.5) is 0 Å². The van der Waals surface area contributed by atoms with Crippen LogP contribution < -0.4 is 14.9 Å². The molecule has 7 rings (SSSR count). The van der Waals surface area contributed by atoms with Crippen LogP contribution >= 0.6 is 0 Å². The number of phenols is 3. The molecule has 2 aromatic carbocycles. The molecule has 13 N–H and O–H groups in total. The highest BCUT2D eigenvalue weighted by Crippen LogP contribution is 2.43. The van der Waals surface area contributed by atoms with Crippen molar-refractivity contribution in [3.8, 4) is 51.4 Å². The minimum Gasteiger partial charge on any atom is -0.508 e. The van der Waals surface area contributed by atoms with Gasteiger partial charge < -0.3 is 104 Å². The van der Waals surface area contributed by atoms with Crippen LogP contribution in [0.5, 0.6) is 28.7 Å². The molecule has 0 amide bonds. The zero-order valence-corrected chi connectivity index (χ0v) is 33.6. The fraction of sp³-hybridized carbons (Fsp3) is 0.429. The van der Waals surface area contributed by atoms with E-state index < -0.39 is 129 Å². The first-order valence-corrected chi connectivity index (χ1v) is 19.9. The third-order valence-electron chi connectivity index (χ3n) is 10.8. The van der Waals surface area contributed by atoms with Crippen LogP contribution in [0.3, 0.4) is 0 Å². The van der Waals surface area contributed by atoms with Gasteiger partial charge >= 0.3 is 5.97 Å². The van der Waals surface area contributed by atoms with Crippen molar-refractivity contribution in [3.05, 3.63) is 82.5 Å². The minimum atomic E-state index is -1.98. The van der Waals surface area contributed by atoms with Gasteiger partial charge in [0, 0.05) is 23.8 Å². The van der Waals surface area contributed by atoms with Gasteiger partial charge in [0.05, 0.1) is 18.8 Å². The van der Waals surface area contributed by atoms with Gasteiger partial charge in [-0.15, -0.1) is 0 Å². The van der Waals surface area contributed by atoms with E-state index in [1.807, 2.05) is 0 Å². The third-order valence-corrected chi connectivity index (χ3v) is 10.8. The van der Waals surface area contributed by atoms with Gasteiger partial charge in [-0.05, 0) is 54.1 Å². The van der Waals surface area contributed by atoms with E-state index in [0.29, 0.717) is 5.56 Å². The molecule has 352 valence electrons. The topological polar surface area (TPSA) is 375 Å². The molecule has 65 heavy (non-hydrogen) atoms. The molecule has 0 radical (unpaired) electrons. The zero-order valence-electron chi connectivity index (χ0n) is 33.6. The number of phenolic OH excluding ortho intramolecular Hbond substituents is 3. The summed E-state index contributed by atoms with van der Waals surface area (Å²) >= 11 is 0. The highest BCUT2D eigenvalue weighted by molar-refractivity contribution is 5.87. The largest absolute Gasteiger partial charge is 0.508 e. The lowest BCUT2D eigenvalue weighted by molar-refractivity contribution is -0.357. The van der Waals surface area contributed by atoms with E-state index in [1.165, 1.54) is 54.6 Å². The Bertz CT molecular complexity index is 2320. The minimum absolute atomic E-state index is 0.0894. The number of hydrogen-bond donors (Lipinski definition) is 13. The molecule has 23 heteroatoms. The van der Waals surface area contributed by atoms with Gasteiger partial charge in [0.25, 0.3) is 0 Å². The second kappa shape index (κ2) is 19.9. The molecule has 0 unspecified atom stereocenters. The maximum Gasteiger partial charge on any atom is 0.330 e. The maximum absolute atomic E-state index is 13.1. The van der Waals surface area contributed by atoms with Crippen molar-refractivity contribution in [2.45, 2.75) is 92.1 Å². The van der Waals surface area contributed by atoms with Crippen molar-refractivity contribution in [2.24, 2.45) is 0 Å². The van der Waals surface area contributed by atoms with Crippen LogP contribution in [0.2, 0.25) is 0 Å². The number of benzene rings is 3. The number of carbonyl (C=O) groups is 1. The molecular weight excluding hydrogens is 872 g/mol. The van der Waals surface area contributed by atoms with Crippen molar-refractivity contribution in [1.29, 1.82) is 0 Å². The fourth-order valence-corrected chi connectivity index (χ4v) is 7.21. The Kier molecular flexibility index (Phi) is 14.6. The van der Waals surface area contributed by atoms with Crippen molar-refractivity contribution >= 4 is 12.0 Å². The Labute approximate surface area is 366 Å². The molecule has 23 nitrogen and oxygen atoms in total. The molecule has 3 fully saturated rings. The van der Waals surface area contributed by atoms with Crippen LogP contribution in [0, 0.1) is 0 Å². The molecule has 0 spiro atoms. The highest BCUT2D eigenvalue weighted by Gasteiger charge is 2.52.